The fourth-order valence-corrected chi connectivity index (χ4v) is 2.89. The number of rotatable bonds is 1. The van der Waals surface area contributed by atoms with Crippen molar-refractivity contribution in [3.63, 3.8) is 0 Å². The lowest BCUT2D eigenvalue weighted by molar-refractivity contribution is -0.114. The summed E-state index contributed by atoms with van der Waals surface area (Å²) in [6, 6.07) is 8.44. The van der Waals surface area contributed by atoms with Crippen molar-refractivity contribution in [2.24, 2.45) is 0 Å². The molecule has 112 valence electrons. The number of benzene rings is 2. The van der Waals surface area contributed by atoms with E-state index in [1.165, 1.54) is 0 Å². The highest BCUT2D eigenvalue weighted by Crippen LogP contribution is 2.29. The zero-order valence-electron chi connectivity index (χ0n) is 12.2. The Labute approximate surface area is 142 Å². The highest BCUT2D eigenvalue weighted by atomic mass is 79.9. The number of carbonyl (C=O) groups excluding carboxylic acids is 2. The molecule has 0 fully saturated rings. The van der Waals surface area contributed by atoms with Crippen LogP contribution in [0.3, 0.4) is 0 Å². The Morgan fingerprint density at radius 3 is 2.57 bits per heavy atom. The molecule has 2 N–H and O–H groups in total. The first-order valence-electron chi connectivity index (χ1n) is 6.83. The van der Waals surface area contributed by atoms with E-state index >= 15 is 0 Å². The number of carbonyl (C=O) groups is 2. The van der Waals surface area contributed by atoms with Gasteiger partial charge in [-0.2, -0.15) is 0 Å². The normalized spacial score (nSPS) is 15.5. The number of fused-ring (bicyclic) bond motifs is 1. The molecule has 0 spiro atoms. The lowest BCUT2D eigenvalue weighted by Crippen LogP contribution is -2.36. The second-order valence-electron chi connectivity index (χ2n) is 5.31. The highest BCUT2D eigenvalue weighted by molar-refractivity contribution is 9.10. The van der Waals surface area contributed by atoms with E-state index in [4.69, 9.17) is 7.85 Å². The third-order valence-corrected chi connectivity index (χ3v) is 4.14. The quantitative estimate of drug-likeness (QED) is 0.460. The van der Waals surface area contributed by atoms with Crippen molar-refractivity contribution < 1.29 is 14.7 Å². The minimum absolute atomic E-state index is 0.0265. The number of aromatic hydroxyl groups is 1. The Hall–Kier alpha value is -2.34. The van der Waals surface area contributed by atoms with E-state index in [0.29, 0.717) is 27.8 Å². The molecule has 0 saturated heterocycles. The Balaban J connectivity index is 2.19. The maximum atomic E-state index is 12.2. The summed E-state index contributed by atoms with van der Waals surface area (Å²) in [6.07, 6.45) is 1.65. The van der Waals surface area contributed by atoms with Gasteiger partial charge < -0.3 is 5.11 Å². The van der Waals surface area contributed by atoms with Crippen LogP contribution in [0, 0.1) is 6.92 Å². The summed E-state index contributed by atoms with van der Waals surface area (Å²) in [5.41, 5.74) is 2.87. The van der Waals surface area contributed by atoms with Crippen LogP contribution >= 0.6 is 15.9 Å². The van der Waals surface area contributed by atoms with E-state index in [1.54, 1.807) is 43.3 Å². The van der Waals surface area contributed by atoms with Crippen LogP contribution in [0.1, 0.15) is 27.0 Å². The molecule has 0 saturated carbocycles. The number of hydrogen-bond acceptors (Lipinski definition) is 3. The zero-order chi connectivity index (χ0) is 16.7. The Morgan fingerprint density at radius 1 is 1.13 bits per heavy atom. The van der Waals surface area contributed by atoms with Crippen LogP contribution in [0.5, 0.6) is 5.75 Å². The maximum absolute atomic E-state index is 12.2. The second-order valence-corrected chi connectivity index (χ2v) is 6.22. The first kappa shape index (κ1) is 15.6. The molecule has 2 amide bonds. The van der Waals surface area contributed by atoms with E-state index in [1.807, 2.05) is 0 Å². The Morgan fingerprint density at radius 2 is 1.87 bits per heavy atom. The smallest absolute Gasteiger partial charge is 0.258 e. The zero-order valence-corrected chi connectivity index (χ0v) is 13.8. The third kappa shape index (κ3) is 2.82. The minimum Gasteiger partial charge on any atom is -0.508 e. The van der Waals surface area contributed by atoms with Gasteiger partial charge in [0.05, 0.1) is 0 Å². The van der Waals surface area contributed by atoms with Crippen molar-refractivity contribution in [3.8, 4) is 5.75 Å². The monoisotopic (exact) mass is 367 g/mol. The summed E-state index contributed by atoms with van der Waals surface area (Å²) < 4.78 is 0.769. The fourth-order valence-electron chi connectivity index (χ4n) is 2.53. The van der Waals surface area contributed by atoms with Gasteiger partial charge in [-0.15, -0.1) is 0 Å². The van der Waals surface area contributed by atoms with Gasteiger partial charge in [0.2, 0.25) is 0 Å². The maximum Gasteiger partial charge on any atom is 0.258 e. The van der Waals surface area contributed by atoms with Crippen molar-refractivity contribution in [1.82, 2.24) is 5.32 Å². The van der Waals surface area contributed by atoms with Crippen molar-refractivity contribution >= 4 is 52.7 Å². The predicted molar refractivity (Wildman–Crippen MR) is 92.7 cm³/mol. The summed E-state index contributed by atoms with van der Waals surface area (Å²) in [5, 5.41) is 12.1. The number of hydrogen-bond donors (Lipinski definition) is 2. The molecule has 0 aliphatic carbocycles. The lowest BCUT2D eigenvalue weighted by Gasteiger charge is -2.18. The fraction of sp³-hybridized carbons (Fsp3) is 0.0588. The number of aryl methyl sites for hydroxylation is 1. The standard InChI is InChI=1S/C17H11BBrNO3/c1-8-4-9(6-14(18)15(8)21)5-13-12-7-10(19)2-3-11(12)16(22)20-17(13)23/h2-7,21H,1H3,(H,20,22,23)/b13-5-. The Kier molecular flexibility index (Phi) is 3.86. The summed E-state index contributed by atoms with van der Waals surface area (Å²) >= 11 is 3.35. The molecule has 2 aromatic carbocycles. The third-order valence-electron chi connectivity index (χ3n) is 3.65. The summed E-state index contributed by atoms with van der Waals surface area (Å²) in [6.45, 7) is 1.72. The van der Waals surface area contributed by atoms with Crippen LogP contribution in [-0.2, 0) is 4.79 Å². The van der Waals surface area contributed by atoms with Gasteiger partial charge >= 0.3 is 0 Å². The number of imide groups is 1. The van der Waals surface area contributed by atoms with E-state index < -0.39 is 11.8 Å². The summed E-state index contributed by atoms with van der Waals surface area (Å²) in [5.74, 6) is -0.862. The van der Waals surface area contributed by atoms with Crippen molar-refractivity contribution in [1.29, 1.82) is 0 Å². The van der Waals surface area contributed by atoms with E-state index in [2.05, 4.69) is 21.2 Å². The lowest BCUT2D eigenvalue weighted by atomic mass is 9.88. The molecule has 1 aliphatic rings. The highest BCUT2D eigenvalue weighted by Gasteiger charge is 2.27. The van der Waals surface area contributed by atoms with Gasteiger partial charge in [-0.3, -0.25) is 14.9 Å². The van der Waals surface area contributed by atoms with E-state index in [-0.39, 0.29) is 11.2 Å². The first-order chi connectivity index (χ1) is 10.9. The molecule has 2 aromatic rings. The Bertz CT molecular complexity index is 866. The van der Waals surface area contributed by atoms with E-state index in [0.717, 1.165) is 4.47 Å². The SMILES string of the molecule is [B]c1cc(/C=C2\C(=O)NC(=O)c3ccc(Br)cc32)cc(C)c1O. The molecule has 1 aliphatic heterocycles. The molecule has 0 aromatic heterocycles. The van der Waals surface area contributed by atoms with E-state index in [9.17, 15) is 14.7 Å². The second kappa shape index (κ2) is 5.70. The van der Waals surface area contributed by atoms with Gasteiger partial charge in [-0.1, -0.05) is 27.5 Å². The number of phenolic OH excluding ortho intramolecular Hbond substituents is 1. The van der Waals surface area contributed by atoms with Crippen LogP contribution in [0.15, 0.2) is 34.8 Å². The summed E-state index contributed by atoms with van der Waals surface area (Å²) in [7, 11) is 5.76. The molecule has 4 nitrogen and oxygen atoms in total. The van der Waals surface area contributed by atoms with Gasteiger partial charge in [-0.05, 0) is 48.4 Å². The molecule has 2 radical (unpaired) electrons. The summed E-state index contributed by atoms with van der Waals surface area (Å²) in [4.78, 5) is 24.2. The van der Waals surface area contributed by atoms with Crippen molar-refractivity contribution in [2.45, 2.75) is 6.92 Å². The average Bonchev–Trinajstić information content (AvgIpc) is 2.48. The largest absolute Gasteiger partial charge is 0.508 e. The van der Waals surface area contributed by atoms with Crippen LogP contribution in [0.25, 0.3) is 11.6 Å². The molecule has 0 unspecified atom stereocenters. The molecular weight excluding hydrogens is 357 g/mol. The average molecular weight is 368 g/mol. The van der Waals surface area contributed by atoms with Gasteiger partial charge in [0, 0.05) is 21.2 Å². The number of halogens is 1. The van der Waals surface area contributed by atoms with Crippen molar-refractivity contribution in [3.05, 3.63) is 57.1 Å². The number of phenols is 1. The molecule has 6 heteroatoms. The van der Waals surface area contributed by atoms with Gasteiger partial charge in [0.25, 0.3) is 11.8 Å². The van der Waals surface area contributed by atoms with Gasteiger partial charge in [0.15, 0.2) is 0 Å². The number of nitrogens with one attached hydrogen (secondary N) is 1. The first-order valence-corrected chi connectivity index (χ1v) is 7.62. The van der Waals surface area contributed by atoms with Crippen LogP contribution in [0.4, 0.5) is 0 Å². The molecule has 23 heavy (non-hydrogen) atoms. The van der Waals surface area contributed by atoms with Gasteiger partial charge in [-0.25, -0.2) is 0 Å². The van der Waals surface area contributed by atoms with Crippen LogP contribution < -0.4 is 10.8 Å². The topological polar surface area (TPSA) is 66.4 Å². The van der Waals surface area contributed by atoms with Crippen LogP contribution in [0.2, 0.25) is 0 Å². The number of amides is 2. The predicted octanol–water partition coefficient (Wildman–Crippen LogP) is 2.07. The minimum atomic E-state index is -0.468. The molecule has 3 rings (SSSR count). The van der Waals surface area contributed by atoms with Gasteiger partial charge in [0.1, 0.15) is 13.6 Å². The van der Waals surface area contributed by atoms with Crippen molar-refractivity contribution in [2.75, 3.05) is 0 Å². The van der Waals surface area contributed by atoms with Crippen LogP contribution in [-0.4, -0.2) is 24.8 Å². The molecular formula is C17H11BBrNO3. The molecule has 0 bridgehead atoms. The molecule has 0 atom stereocenters. The molecule has 1 heterocycles.